The van der Waals surface area contributed by atoms with Crippen molar-refractivity contribution in [2.45, 2.75) is 38.1 Å². The maximum Gasteiger partial charge on any atom is 0.449 e. The van der Waals surface area contributed by atoms with Crippen molar-refractivity contribution in [3.05, 3.63) is 76.9 Å². The van der Waals surface area contributed by atoms with Gasteiger partial charge in [-0.2, -0.15) is 13.2 Å². The molecule has 0 saturated carbocycles. The van der Waals surface area contributed by atoms with E-state index in [0.717, 1.165) is 4.57 Å². The topological polar surface area (TPSA) is 106 Å². The fourth-order valence-corrected chi connectivity index (χ4v) is 4.03. The third-order valence-corrected chi connectivity index (χ3v) is 5.76. The number of carbonyl (C=O) groups excluding carboxylic acids is 2. The molecule has 3 N–H and O–H groups in total. The summed E-state index contributed by atoms with van der Waals surface area (Å²) in [6, 6.07) is 3.06. The monoisotopic (exact) mass is 526 g/mol. The minimum atomic E-state index is -4.84. The maximum atomic E-state index is 13.9. The number of nitrogens with one attached hydrogen (secondary N) is 1. The van der Waals surface area contributed by atoms with Crippen LogP contribution in [0.5, 0.6) is 0 Å². The minimum absolute atomic E-state index is 0.117. The number of pyridine rings is 1. The van der Waals surface area contributed by atoms with Crippen LogP contribution in [0.3, 0.4) is 0 Å². The lowest BCUT2D eigenvalue weighted by atomic mass is 10.0. The number of alkyl halides is 3. The second-order valence-corrected chi connectivity index (χ2v) is 8.42. The molecule has 1 aliphatic heterocycles. The van der Waals surface area contributed by atoms with Crippen molar-refractivity contribution in [3.63, 3.8) is 0 Å². The number of benzene rings is 1. The Kier molecular flexibility index (Phi) is 7.21. The third-order valence-electron chi connectivity index (χ3n) is 5.76. The summed E-state index contributed by atoms with van der Waals surface area (Å²) in [6.07, 6.45) is -2.72. The molecule has 1 atom stereocenters. The molecule has 0 fully saturated rings. The van der Waals surface area contributed by atoms with Crippen LogP contribution in [-0.2, 0) is 30.5 Å². The van der Waals surface area contributed by atoms with Gasteiger partial charge in [-0.05, 0) is 30.2 Å². The lowest BCUT2D eigenvalue weighted by Gasteiger charge is -2.30. The Morgan fingerprint density at radius 3 is 2.51 bits per heavy atom. The molecule has 4 rings (SSSR count). The van der Waals surface area contributed by atoms with Crippen molar-refractivity contribution < 1.29 is 35.9 Å². The van der Waals surface area contributed by atoms with Crippen LogP contribution in [0.1, 0.15) is 34.0 Å². The Morgan fingerprint density at radius 2 is 1.84 bits per heavy atom. The van der Waals surface area contributed by atoms with Crippen LogP contribution < -0.4 is 11.1 Å². The van der Waals surface area contributed by atoms with E-state index in [1.807, 2.05) is 0 Å². The van der Waals surface area contributed by atoms with Crippen LogP contribution in [0.4, 0.5) is 32.0 Å². The normalized spacial score (nSPS) is 14.3. The highest BCUT2D eigenvalue weighted by atomic mass is 19.4. The molecule has 3 aromatic rings. The molecule has 1 aliphatic rings. The highest BCUT2D eigenvalue weighted by Gasteiger charge is 2.41. The van der Waals surface area contributed by atoms with E-state index in [-0.39, 0.29) is 49.4 Å². The Morgan fingerprint density at radius 1 is 1.11 bits per heavy atom. The van der Waals surface area contributed by atoms with Crippen molar-refractivity contribution in [2.24, 2.45) is 5.73 Å². The number of anilines is 1. The number of amides is 2. The second-order valence-electron chi connectivity index (χ2n) is 8.42. The molecule has 0 aliphatic carbocycles. The van der Waals surface area contributed by atoms with Crippen molar-refractivity contribution in [3.8, 4) is 0 Å². The van der Waals surface area contributed by atoms with Crippen molar-refractivity contribution in [2.75, 3.05) is 11.9 Å². The summed E-state index contributed by atoms with van der Waals surface area (Å²) >= 11 is 0. The molecule has 2 aromatic heterocycles. The molecule has 3 heterocycles. The van der Waals surface area contributed by atoms with Gasteiger partial charge in [-0.3, -0.25) is 14.6 Å². The first-order valence-corrected chi connectivity index (χ1v) is 11.0. The van der Waals surface area contributed by atoms with Crippen LogP contribution in [0.2, 0.25) is 0 Å². The van der Waals surface area contributed by atoms with Gasteiger partial charge in [0.25, 0.3) is 5.91 Å². The molecule has 2 amide bonds. The molecular formula is C23H20F6N6O2. The van der Waals surface area contributed by atoms with E-state index in [2.05, 4.69) is 15.3 Å². The van der Waals surface area contributed by atoms with Crippen LogP contribution in [0.25, 0.3) is 0 Å². The number of hydrogen-bond acceptors (Lipinski definition) is 5. The molecule has 0 bridgehead atoms. The first-order chi connectivity index (χ1) is 17.4. The van der Waals surface area contributed by atoms with E-state index in [1.54, 1.807) is 0 Å². The molecular weight excluding hydrogens is 506 g/mol. The number of nitrogens with two attached hydrogens (primary N) is 1. The number of halogens is 6. The predicted molar refractivity (Wildman–Crippen MR) is 117 cm³/mol. The van der Waals surface area contributed by atoms with Gasteiger partial charge in [-0.15, -0.1) is 0 Å². The van der Waals surface area contributed by atoms with Crippen LogP contribution in [-0.4, -0.2) is 43.8 Å². The number of carbonyl (C=O) groups is 2. The fraction of sp³-hybridized carbons (Fsp3) is 0.304. The van der Waals surface area contributed by atoms with Gasteiger partial charge in [-0.1, -0.05) is 0 Å². The van der Waals surface area contributed by atoms with Crippen LogP contribution >= 0.6 is 0 Å². The maximum absolute atomic E-state index is 13.9. The van der Waals surface area contributed by atoms with Gasteiger partial charge in [0, 0.05) is 37.8 Å². The van der Waals surface area contributed by atoms with Crippen molar-refractivity contribution >= 4 is 17.5 Å². The number of nitrogens with zero attached hydrogens (tertiary/aromatic N) is 4. The molecule has 14 heteroatoms. The number of imidazole rings is 1. The summed E-state index contributed by atoms with van der Waals surface area (Å²) in [7, 11) is 0. The third kappa shape index (κ3) is 5.74. The summed E-state index contributed by atoms with van der Waals surface area (Å²) in [5.74, 6) is -6.40. The van der Waals surface area contributed by atoms with E-state index in [9.17, 15) is 35.9 Å². The average molecular weight is 526 g/mol. The first kappa shape index (κ1) is 26.1. The van der Waals surface area contributed by atoms with E-state index in [0.29, 0.717) is 12.1 Å². The quantitative estimate of drug-likeness (QED) is 0.379. The summed E-state index contributed by atoms with van der Waals surface area (Å²) in [5, 5.41) is 2.43. The molecule has 0 spiro atoms. The van der Waals surface area contributed by atoms with Gasteiger partial charge < -0.3 is 20.5 Å². The van der Waals surface area contributed by atoms with Gasteiger partial charge >= 0.3 is 6.18 Å². The molecule has 0 unspecified atom stereocenters. The molecule has 1 aromatic carbocycles. The van der Waals surface area contributed by atoms with Gasteiger partial charge in [0.15, 0.2) is 17.3 Å². The fourth-order valence-electron chi connectivity index (χ4n) is 4.03. The average Bonchev–Trinajstić information content (AvgIpc) is 3.23. The smallest absolute Gasteiger partial charge is 0.335 e. The van der Waals surface area contributed by atoms with Crippen molar-refractivity contribution in [1.82, 2.24) is 19.4 Å². The lowest BCUT2D eigenvalue weighted by Crippen LogP contribution is -2.42. The highest BCUT2D eigenvalue weighted by Crippen LogP contribution is 2.32. The van der Waals surface area contributed by atoms with Gasteiger partial charge in [0.2, 0.25) is 11.7 Å². The van der Waals surface area contributed by atoms with Gasteiger partial charge in [-0.25, -0.2) is 18.2 Å². The molecule has 0 radical (unpaired) electrons. The van der Waals surface area contributed by atoms with E-state index in [4.69, 9.17) is 5.73 Å². The zero-order valence-corrected chi connectivity index (χ0v) is 19.0. The number of hydrogen-bond donors (Lipinski definition) is 2. The number of aromatic nitrogens is 3. The Bertz CT molecular complexity index is 1330. The molecule has 0 saturated heterocycles. The molecule has 37 heavy (non-hydrogen) atoms. The zero-order valence-electron chi connectivity index (χ0n) is 19.0. The summed E-state index contributed by atoms with van der Waals surface area (Å²) in [4.78, 5) is 34.2. The highest BCUT2D eigenvalue weighted by molar-refractivity contribution is 6.03. The summed E-state index contributed by atoms with van der Waals surface area (Å²) in [5.41, 5.74) is 5.32. The molecule has 196 valence electrons. The lowest BCUT2D eigenvalue weighted by molar-refractivity contribution is -0.148. The Balaban J connectivity index is 1.51. The minimum Gasteiger partial charge on any atom is -0.335 e. The Hall–Kier alpha value is -3.94. The van der Waals surface area contributed by atoms with Gasteiger partial charge in [0.05, 0.1) is 24.1 Å². The van der Waals surface area contributed by atoms with E-state index >= 15 is 0 Å². The summed E-state index contributed by atoms with van der Waals surface area (Å²) < 4.78 is 82.2. The predicted octanol–water partition coefficient (Wildman–Crippen LogP) is 3.27. The first-order valence-electron chi connectivity index (χ1n) is 11.0. The zero-order chi connectivity index (χ0) is 26.9. The number of fused-ring (bicyclic) bond motifs is 1. The molecule has 8 nitrogen and oxygen atoms in total. The Labute approximate surface area is 206 Å². The SMILES string of the molecule is N[C@@H](CC(=O)N1CCn2c(C(F)(F)F)nc(C(=O)Nc3cccnc3)c2C1)Cc1cc(F)c(F)cc1F. The summed E-state index contributed by atoms with van der Waals surface area (Å²) in [6.45, 7) is -0.763. The van der Waals surface area contributed by atoms with E-state index in [1.165, 1.54) is 29.4 Å². The van der Waals surface area contributed by atoms with Crippen molar-refractivity contribution in [1.29, 1.82) is 0 Å². The van der Waals surface area contributed by atoms with Crippen LogP contribution in [0, 0.1) is 17.5 Å². The number of rotatable bonds is 6. The van der Waals surface area contributed by atoms with E-state index < -0.39 is 53.0 Å². The van der Waals surface area contributed by atoms with Crippen LogP contribution in [0.15, 0.2) is 36.7 Å². The standard InChI is InChI=1S/C23H20F6N6O2/c24-15-9-17(26)16(25)7-12(15)6-13(30)8-19(36)34-4-5-35-18(11-34)20(33-22(35)23(27,28)29)21(37)32-14-2-1-3-31-10-14/h1-3,7,9-10,13H,4-6,8,11,30H2,(H,32,37)/t13-/m1/s1. The largest absolute Gasteiger partial charge is 0.449 e. The second kappa shape index (κ2) is 10.2. The van der Waals surface area contributed by atoms with Gasteiger partial charge in [0.1, 0.15) is 5.82 Å².